The number of piperidine rings is 1. The van der Waals surface area contributed by atoms with Crippen molar-refractivity contribution in [1.82, 2.24) is 10.6 Å². The van der Waals surface area contributed by atoms with Gasteiger partial charge in [0, 0.05) is 0 Å². The lowest BCUT2D eigenvalue weighted by atomic mass is 9.83. The maximum atomic E-state index is 13.1. The fourth-order valence-electron chi connectivity index (χ4n) is 3.80. The molecule has 1 aliphatic rings. The zero-order valence-corrected chi connectivity index (χ0v) is 18.0. The first-order valence-corrected chi connectivity index (χ1v) is 10.1. The Morgan fingerprint density at radius 3 is 1.78 bits per heavy atom. The van der Waals surface area contributed by atoms with Crippen LogP contribution in [0.25, 0.3) is 0 Å². The summed E-state index contributed by atoms with van der Waals surface area (Å²) in [5, 5.41) is 4.82. The molecule has 2 aromatic rings. The molecule has 2 N–H and O–H groups in total. The topological polar surface area (TPSA) is 76.7 Å². The van der Waals surface area contributed by atoms with E-state index >= 15 is 0 Å². The number of benzene rings is 2. The van der Waals surface area contributed by atoms with Gasteiger partial charge in [-0.2, -0.15) is 13.2 Å². The molecule has 0 aromatic heterocycles. The summed E-state index contributed by atoms with van der Waals surface area (Å²) in [6.45, 7) is 1.77. The van der Waals surface area contributed by atoms with E-state index < -0.39 is 35.5 Å². The van der Waals surface area contributed by atoms with Gasteiger partial charge in [-0.15, -0.1) is 0 Å². The van der Waals surface area contributed by atoms with Gasteiger partial charge in [0.2, 0.25) is 11.8 Å². The number of nitrogens with one attached hydrogen (secondary N) is 2. The summed E-state index contributed by atoms with van der Waals surface area (Å²) in [6, 6.07) is 12.2. The summed E-state index contributed by atoms with van der Waals surface area (Å²) in [4.78, 5) is 25.4. The van der Waals surface area contributed by atoms with Crippen molar-refractivity contribution in [3.8, 4) is 11.5 Å². The van der Waals surface area contributed by atoms with Crippen LogP contribution in [0.4, 0.5) is 13.2 Å². The molecule has 3 rings (SSSR count). The Labute approximate surface area is 184 Å². The highest BCUT2D eigenvalue weighted by molar-refractivity contribution is 6.01. The van der Waals surface area contributed by atoms with Gasteiger partial charge in [-0.1, -0.05) is 24.3 Å². The molecule has 1 saturated heterocycles. The van der Waals surface area contributed by atoms with E-state index in [1.165, 1.54) is 14.2 Å². The number of amides is 2. The van der Waals surface area contributed by atoms with Gasteiger partial charge >= 0.3 is 6.18 Å². The number of methoxy groups -OCH3 is 2. The van der Waals surface area contributed by atoms with Crippen LogP contribution in [0.5, 0.6) is 11.5 Å². The van der Waals surface area contributed by atoms with Gasteiger partial charge in [0.1, 0.15) is 23.5 Å². The second-order valence-electron chi connectivity index (χ2n) is 7.80. The van der Waals surface area contributed by atoms with Crippen LogP contribution in [0.3, 0.4) is 0 Å². The maximum absolute atomic E-state index is 13.1. The van der Waals surface area contributed by atoms with Gasteiger partial charge in [0.25, 0.3) is 0 Å². The minimum Gasteiger partial charge on any atom is -0.497 e. The zero-order chi connectivity index (χ0) is 23.5. The molecule has 0 bridgehead atoms. The lowest BCUT2D eigenvalue weighted by molar-refractivity contribution is -0.171. The second-order valence-corrected chi connectivity index (χ2v) is 7.80. The molecule has 2 atom stereocenters. The Hall–Kier alpha value is -3.23. The quantitative estimate of drug-likeness (QED) is 0.660. The van der Waals surface area contributed by atoms with E-state index in [0.717, 1.165) is 0 Å². The van der Waals surface area contributed by atoms with Crippen molar-refractivity contribution in [2.24, 2.45) is 5.92 Å². The highest BCUT2D eigenvalue weighted by Gasteiger charge is 2.46. The predicted octanol–water partition coefficient (Wildman–Crippen LogP) is 3.54. The highest BCUT2D eigenvalue weighted by atomic mass is 19.4. The number of carbonyl (C=O) groups is 2. The van der Waals surface area contributed by atoms with Crippen LogP contribution in [0.2, 0.25) is 0 Å². The Kier molecular flexibility index (Phi) is 6.66. The molecule has 0 radical (unpaired) electrons. The molecule has 1 heterocycles. The van der Waals surface area contributed by atoms with Crippen molar-refractivity contribution >= 4 is 11.8 Å². The van der Waals surface area contributed by atoms with Crippen LogP contribution < -0.4 is 20.1 Å². The fraction of sp³-hybridized carbons (Fsp3) is 0.391. The van der Waals surface area contributed by atoms with Crippen LogP contribution in [0.15, 0.2) is 48.5 Å². The molecule has 1 fully saturated rings. The van der Waals surface area contributed by atoms with Crippen LogP contribution in [-0.2, 0) is 15.1 Å². The van der Waals surface area contributed by atoms with Gasteiger partial charge in [0.15, 0.2) is 0 Å². The number of hydrogen-bond acceptors (Lipinski definition) is 4. The second kappa shape index (κ2) is 9.10. The van der Waals surface area contributed by atoms with E-state index in [1.807, 2.05) is 5.32 Å². The number of ether oxygens (including phenoxy) is 2. The maximum Gasteiger partial charge on any atom is 0.408 e. The third-order valence-electron chi connectivity index (χ3n) is 5.80. The molecular formula is C23H25F3N2O4. The molecular weight excluding hydrogens is 425 g/mol. The van der Waals surface area contributed by atoms with Crippen molar-refractivity contribution in [3.63, 3.8) is 0 Å². The van der Waals surface area contributed by atoms with Crippen molar-refractivity contribution in [2.45, 2.75) is 37.5 Å². The van der Waals surface area contributed by atoms with Gasteiger partial charge in [-0.3, -0.25) is 9.59 Å². The van der Waals surface area contributed by atoms with Crippen molar-refractivity contribution in [3.05, 3.63) is 59.7 Å². The van der Waals surface area contributed by atoms with Crippen molar-refractivity contribution in [1.29, 1.82) is 0 Å². The number of alkyl halides is 3. The first kappa shape index (κ1) is 23.4. The van der Waals surface area contributed by atoms with E-state index in [4.69, 9.17) is 9.47 Å². The zero-order valence-electron chi connectivity index (χ0n) is 18.0. The summed E-state index contributed by atoms with van der Waals surface area (Å²) >= 11 is 0. The first-order valence-electron chi connectivity index (χ1n) is 10.1. The van der Waals surface area contributed by atoms with Crippen molar-refractivity contribution in [2.75, 3.05) is 14.2 Å². The summed E-state index contributed by atoms with van der Waals surface area (Å²) < 4.78 is 49.2. The van der Waals surface area contributed by atoms with Crippen LogP contribution >= 0.6 is 0 Å². The third kappa shape index (κ3) is 4.81. The third-order valence-corrected chi connectivity index (χ3v) is 5.80. The van der Waals surface area contributed by atoms with Crippen LogP contribution in [0.1, 0.15) is 30.9 Å². The lowest BCUT2D eigenvalue weighted by Crippen LogP contribution is -2.56. The fourth-order valence-corrected chi connectivity index (χ4v) is 3.80. The molecule has 9 heteroatoms. The van der Waals surface area contributed by atoms with Crippen molar-refractivity contribution < 1.29 is 32.2 Å². The summed E-state index contributed by atoms with van der Waals surface area (Å²) in [6.07, 6.45) is -5.09. The smallest absolute Gasteiger partial charge is 0.408 e. The van der Waals surface area contributed by atoms with Gasteiger partial charge in [0.05, 0.1) is 19.8 Å². The van der Waals surface area contributed by atoms with E-state index in [0.29, 0.717) is 22.6 Å². The molecule has 0 aliphatic carbocycles. The van der Waals surface area contributed by atoms with Crippen LogP contribution in [0, 0.1) is 5.92 Å². The molecule has 2 amide bonds. The molecule has 2 aromatic carbocycles. The summed E-state index contributed by atoms with van der Waals surface area (Å²) in [5.74, 6) is -1.53. The molecule has 0 saturated carbocycles. The van der Waals surface area contributed by atoms with E-state index in [-0.39, 0.29) is 12.8 Å². The van der Waals surface area contributed by atoms with Crippen LogP contribution in [-0.4, -0.2) is 38.3 Å². The summed E-state index contributed by atoms with van der Waals surface area (Å²) in [5.41, 5.74) is 0.360. The SMILES string of the molecule is COc1ccc(C(C)(NC(=O)C2CCC(C(F)(F)F)NC2=O)c2ccc(OC)cc2)cc1. The Morgan fingerprint density at radius 1 is 0.938 bits per heavy atom. The van der Waals surface area contributed by atoms with E-state index in [1.54, 1.807) is 55.5 Å². The first-order chi connectivity index (χ1) is 15.1. The monoisotopic (exact) mass is 450 g/mol. The average molecular weight is 450 g/mol. The molecule has 0 spiro atoms. The Balaban J connectivity index is 1.90. The summed E-state index contributed by atoms with van der Waals surface area (Å²) in [7, 11) is 3.07. The largest absolute Gasteiger partial charge is 0.497 e. The molecule has 2 unspecified atom stereocenters. The lowest BCUT2D eigenvalue weighted by Gasteiger charge is -2.35. The number of halogens is 3. The van der Waals surface area contributed by atoms with Gasteiger partial charge in [-0.05, 0) is 55.2 Å². The Bertz CT molecular complexity index is 911. The minimum atomic E-state index is -4.54. The number of carbonyl (C=O) groups excluding carboxylic acids is 2. The molecule has 172 valence electrons. The van der Waals surface area contributed by atoms with E-state index in [2.05, 4.69) is 5.32 Å². The average Bonchev–Trinajstić information content (AvgIpc) is 2.78. The molecule has 1 aliphatic heterocycles. The molecule has 32 heavy (non-hydrogen) atoms. The van der Waals surface area contributed by atoms with Gasteiger partial charge < -0.3 is 20.1 Å². The number of rotatable bonds is 6. The van der Waals surface area contributed by atoms with Gasteiger partial charge in [-0.25, -0.2) is 0 Å². The van der Waals surface area contributed by atoms with E-state index in [9.17, 15) is 22.8 Å². The predicted molar refractivity (Wildman–Crippen MR) is 111 cm³/mol. The highest BCUT2D eigenvalue weighted by Crippen LogP contribution is 2.33. The minimum absolute atomic E-state index is 0.191. The standard InChI is InChI=1S/C23H25F3N2O4/c1-22(14-4-8-16(31-2)9-5-14,15-6-10-17(32-3)11-7-15)28-21(30)18-12-13-19(23(24,25)26)27-20(18)29/h4-11,18-19H,12-13H2,1-3H3,(H,27,29)(H,28,30). The normalized spacial score (nSPS) is 19.1. The molecule has 6 nitrogen and oxygen atoms in total. The number of hydrogen-bond donors (Lipinski definition) is 2. The Morgan fingerprint density at radius 2 is 1.41 bits per heavy atom.